The van der Waals surface area contributed by atoms with Crippen molar-refractivity contribution in [2.24, 2.45) is 17.8 Å². The second-order valence-corrected chi connectivity index (χ2v) is 7.84. The first-order chi connectivity index (χ1) is 10.6. The second-order valence-electron chi connectivity index (χ2n) is 7.84. The molecule has 0 amide bonds. The lowest BCUT2D eigenvalue weighted by Crippen LogP contribution is -1.95. The summed E-state index contributed by atoms with van der Waals surface area (Å²) >= 11 is 0. The van der Waals surface area contributed by atoms with Gasteiger partial charge in [-0.15, -0.1) is 0 Å². The van der Waals surface area contributed by atoms with E-state index >= 15 is 0 Å². The molecule has 1 aliphatic carbocycles. The summed E-state index contributed by atoms with van der Waals surface area (Å²) in [6.45, 7) is 4.63. The summed E-state index contributed by atoms with van der Waals surface area (Å²) in [7, 11) is 0. The van der Waals surface area contributed by atoms with Crippen LogP contribution in [0.15, 0.2) is 0 Å². The zero-order valence-electron chi connectivity index (χ0n) is 15.0. The van der Waals surface area contributed by atoms with Crippen LogP contribution in [0.2, 0.25) is 0 Å². The molecule has 0 unspecified atom stereocenters. The number of carboxylic acids is 1. The van der Waals surface area contributed by atoms with Gasteiger partial charge in [0.2, 0.25) is 0 Å². The van der Waals surface area contributed by atoms with Gasteiger partial charge in [0, 0.05) is 6.42 Å². The van der Waals surface area contributed by atoms with E-state index in [-0.39, 0.29) is 0 Å². The SMILES string of the molecule is CC(C)CCCCCCCCCCC[C@@H]1C[C@@H]1CCC(=O)O. The van der Waals surface area contributed by atoms with Crippen molar-refractivity contribution in [2.75, 3.05) is 0 Å². The molecule has 1 saturated carbocycles. The third-order valence-electron chi connectivity index (χ3n) is 5.15. The lowest BCUT2D eigenvalue weighted by Gasteiger charge is -2.04. The molecule has 22 heavy (non-hydrogen) atoms. The van der Waals surface area contributed by atoms with Crippen LogP contribution in [0.25, 0.3) is 0 Å². The molecular weight excluding hydrogens is 272 g/mol. The van der Waals surface area contributed by atoms with Gasteiger partial charge < -0.3 is 5.11 Å². The Hall–Kier alpha value is -0.530. The van der Waals surface area contributed by atoms with Crippen LogP contribution in [0.5, 0.6) is 0 Å². The van der Waals surface area contributed by atoms with Crippen molar-refractivity contribution >= 4 is 5.97 Å². The lowest BCUT2D eigenvalue weighted by molar-refractivity contribution is -0.137. The van der Waals surface area contributed by atoms with Crippen LogP contribution < -0.4 is 0 Å². The summed E-state index contributed by atoms with van der Waals surface area (Å²) < 4.78 is 0. The smallest absolute Gasteiger partial charge is 0.303 e. The maximum Gasteiger partial charge on any atom is 0.303 e. The Balaban J connectivity index is 1.73. The molecule has 0 saturated heterocycles. The van der Waals surface area contributed by atoms with Crippen LogP contribution in [0.1, 0.15) is 104 Å². The van der Waals surface area contributed by atoms with Gasteiger partial charge in [-0.3, -0.25) is 4.79 Å². The number of carboxylic acid groups (broad SMARTS) is 1. The third kappa shape index (κ3) is 11.1. The number of carbonyl (C=O) groups is 1. The van der Waals surface area contributed by atoms with Crippen molar-refractivity contribution in [2.45, 2.75) is 104 Å². The number of hydrogen-bond acceptors (Lipinski definition) is 1. The number of hydrogen-bond donors (Lipinski definition) is 1. The molecule has 0 spiro atoms. The molecule has 2 atom stereocenters. The van der Waals surface area contributed by atoms with Gasteiger partial charge in [0.25, 0.3) is 0 Å². The predicted molar refractivity (Wildman–Crippen MR) is 94.1 cm³/mol. The Morgan fingerprint density at radius 3 is 1.91 bits per heavy atom. The zero-order valence-corrected chi connectivity index (χ0v) is 15.0. The highest BCUT2D eigenvalue weighted by Crippen LogP contribution is 2.45. The Morgan fingerprint density at radius 1 is 0.864 bits per heavy atom. The minimum absolute atomic E-state index is 0.373. The van der Waals surface area contributed by atoms with E-state index in [9.17, 15) is 4.79 Å². The summed E-state index contributed by atoms with van der Waals surface area (Å²) in [5, 5.41) is 8.67. The molecular formula is C20H38O2. The molecule has 1 rings (SSSR count). The molecule has 0 aromatic rings. The van der Waals surface area contributed by atoms with Crippen molar-refractivity contribution in [1.82, 2.24) is 0 Å². The molecule has 2 nitrogen and oxygen atoms in total. The van der Waals surface area contributed by atoms with Crippen molar-refractivity contribution in [3.8, 4) is 0 Å². The van der Waals surface area contributed by atoms with Gasteiger partial charge in [-0.1, -0.05) is 84.5 Å². The van der Waals surface area contributed by atoms with Crippen LogP contribution in [0, 0.1) is 17.8 Å². The van der Waals surface area contributed by atoms with E-state index in [1.165, 1.54) is 77.0 Å². The summed E-state index contributed by atoms with van der Waals surface area (Å²) in [4.78, 5) is 10.5. The van der Waals surface area contributed by atoms with Gasteiger partial charge in [-0.2, -0.15) is 0 Å². The number of unbranched alkanes of at least 4 members (excludes halogenated alkanes) is 8. The van der Waals surface area contributed by atoms with Crippen LogP contribution in [-0.2, 0) is 4.79 Å². The molecule has 0 aliphatic heterocycles. The molecule has 0 radical (unpaired) electrons. The molecule has 0 heterocycles. The molecule has 0 aromatic heterocycles. The first kappa shape index (κ1) is 19.5. The fourth-order valence-corrected chi connectivity index (χ4v) is 3.52. The van der Waals surface area contributed by atoms with Gasteiger partial charge in [-0.25, -0.2) is 0 Å². The van der Waals surface area contributed by atoms with E-state index in [1.54, 1.807) is 0 Å². The monoisotopic (exact) mass is 310 g/mol. The van der Waals surface area contributed by atoms with Crippen molar-refractivity contribution in [3.63, 3.8) is 0 Å². The minimum atomic E-state index is -0.630. The summed E-state index contributed by atoms with van der Waals surface area (Å²) in [5.41, 5.74) is 0. The molecule has 1 fully saturated rings. The Morgan fingerprint density at radius 2 is 1.36 bits per heavy atom. The van der Waals surface area contributed by atoms with E-state index in [0.29, 0.717) is 6.42 Å². The lowest BCUT2D eigenvalue weighted by atomic mass is 10.0. The highest BCUT2D eigenvalue weighted by molar-refractivity contribution is 5.66. The second kappa shape index (κ2) is 12.0. The van der Waals surface area contributed by atoms with E-state index in [1.807, 2.05) is 0 Å². The van der Waals surface area contributed by atoms with Gasteiger partial charge in [0.1, 0.15) is 0 Å². The fourth-order valence-electron chi connectivity index (χ4n) is 3.52. The van der Waals surface area contributed by atoms with Crippen LogP contribution in [0.3, 0.4) is 0 Å². The van der Waals surface area contributed by atoms with E-state index in [4.69, 9.17) is 5.11 Å². The first-order valence-corrected chi connectivity index (χ1v) is 9.81. The standard InChI is InChI=1S/C20H38O2/c1-17(2)12-10-8-6-4-3-5-7-9-11-13-18-16-19(18)14-15-20(21)22/h17-19H,3-16H2,1-2H3,(H,21,22)/t18-,19+/m1/s1. The average Bonchev–Trinajstić information content (AvgIpc) is 3.20. The maximum atomic E-state index is 10.5. The molecule has 0 aromatic carbocycles. The van der Waals surface area contributed by atoms with E-state index in [0.717, 1.165) is 24.2 Å². The molecule has 1 N–H and O–H groups in total. The van der Waals surface area contributed by atoms with Crippen LogP contribution in [0.4, 0.5) is 0 Å². The summed E-state index contributed by atoms with van der Waals surface area (Å²) in [6, 6.07) is 0. The van der Waals surface area contributed by atoms with Crippen LogP contribution in [-0.4, -0.2) is 11.1 Å². The van der Waals surface area contributed by atoms with Crippen LogP contribution >= 0.6 is 0 Å². The highest BCUT2D eigenvalue weighted by Gasteiger charge is 2.35. The Kier molecular flexibility index (Phi) is 10.6. The summed E-state index contributed by atoms with van der Waals surface area (Å²) in [6.07, 6.45) is 18.0. The minimum Gasteiger partial charge on any atom is -0.481 e. The van der Waals surface area contributed by atoms with E-state index < -0.39 is 5.97 Å². The topological polar surface area (TPSA) is 37.3 Å². The highest BCUT2D eigenvalue weighted by atomic mass is 16.4. The Labute approximate surface area is 138 Å². The van der Waals surface area contributed by atoms with E-state index in [2.05, 4.69) is 13.8 Å². The quantitative estimate of drug-likeness (QED) is 0.354. The van der Waals surface area contributed by atoms with Crippen molar-refractivity contribution in [1.29, 1.82) is 0 Å². The van der Waals surface area contributed by atoms with Crippen molar-refractivity contribution < 1.29 is 9.90 Å². The maximum absolute atomic E-state index is 10.5. The third-order valence-corrected chi connectivity index (χ3v) is 5.15. The fraction of sp³-hybridized carbons (Fsp3) is 0.950. The number of rotatable bonds is 15. The van der Waals surface area contributed by atoms with Gasteiger partial charge in [0.05, 0.1) is 0 Å². The molecule has 2 heteroatoms. The normalized spacial score (nSPS) is 20.5. The molecule has 0 bridgehead atoms. The van der Waals surface area contributed by atoms with Gasteiger partial charge >= 0.3 is 5.97 Å². The molecule has 1 aliphatic rings. The number of aliphatic carboxylic acids is 1. The first-order valence-electron chi connectivity index (χ1n) is 9.81. The van der Waals surface area contributed by atoms with Gasteiger partial charge in [0.15, 0.2) is 0 Å². The predicted octanol–water partition coefficient (Wildman–Crippen LogP) is 6.43. The largest absolute Gasteiger partial charge is 0.481 e. The zero-order chi connectivity index (χ0) is 16.2. The Bertz CT molecular complexity index is 285. The average molecular weight is 311 g/mol. The van der Waals surface area contributed by atoms with Gasteiger partial charge in [-0.05, 0) is 30.6 Å². The molecule has 130 valence electrons. The summed E-state index contributed by atoms with van der Waals surface area (Å²) in [5.74, 6) is 1.84. The van der Waals surface area contributed by atoms with Crippen molar-refractivity contribution in [3.05, 3.63) is 0 Å².